The van der Waals surface area contributed by atoms with Crippen LogP contribution in [0.3, 0.4) is 0 Å². The molecule has 0 bridgehead atoms. The van der Waals surface area contributed by atoms with Crippen molar-refractivity contribution in [1.29, 1.82) is 0 Å². The first-order valence-electron chi connectivity index (χ1n) is 9.17. The first-order chi connectivity index (χ1) is 11.8. The maximum atomic E-state index is 4.92. The second-order valence-corrected chi connectivity index (χ2v) is 7.15. The summed E-state index contributed by atoms with van der Waals surface area (Å²) in [6.45, 7) is 2.22. The van der Waals surface area contributed by atoms with Gasteiger partial charge in [-0.25, -0.2) is 4.98 Å². The van der Waals surface area contributed by atoms with Crippen molar-refractivity contribution in [2.24, 2.45) is 0 Å². The molecule has 0 amide bonds. The Labute approximate surface area is 141 Å². The van der Waals surface area contributed by atoms with E-state index in [4.69, 9.17) is 4.98 Å². The molecule has 0 saturated heterocycles. The van der Waals surface area contributed by atoms with Gasteiger partial charge in [-0.05, 0) is 32.1 Å². The molecule has 2 aromatic heterocycles. The molecule has 0 radical (unpaired) electrons. The lowest BCUT2D eigenvalue weighted by atomic mass is 10.0. The summed E-state index contributed by atoms with van der Waals surface area (Å²) in [5.74, 6) is 2.81. The highest BCUT2D eigenvalue weighted by Crippen LogP contribution is 2.42. The summed E-state index contributed by atoms with van der Waals surface area (Å²) in [6, 6.07) is 1.34. The number of fused-ring (bicyclic) bond motifs is 3. The quantitative estimate of drug-likeness (QED) is 0.932. The summed E-state index contributed by atoms with van der Waals surface area (Å²) in [5, 5.41) is 12.0. The highest BCUT2D eigenvalue weighted by molar-refractivity contribution is 5.63. The zero-order chi connectivity index (χ0) is 16.1. The van der Waals surface area contributed by atoms with Gasteiger partial charge < -0.3 is 10.2 Å². The van der Waals surface area contributed by atoms with Crippen LogP contribution in [0.15, 0.2) is 12.5 Å². The lowest BCUT2D eigenvalue weighted by Crippen LogP contribution is -2.42. The summed E-state index contributed by atoms with van der Waals surface area (Å²) in [6.07, 6.45) is 12.2. The van der Waals surface area contributed by atoms with Gasteiger partial charge in [0.2, 0.25) is 5.95 Å². The highest BCUT2D eigenvalue weighted by atomic mass is 15.4. The Kier molecular flexibility index (Phi) is 3.21. The summed E-state index contributed by atoms with van der Waals surface area (Å²) >= 11 is 0. The van der Waals surface area contributed by atoms with Crippen LogP contribution in [0, 0.1) is 0 Å². The third-order valence-electron chi connectivity index (χ3n) is 5.48. The standard InChI is InChI=1S/C17H23N7/c1-2-13-16-22-19-10-23(16)14-9-18-17(20-11-7-8-11)21-15(14)24(13)12-5-3-4-6-12/h9-13H,2-8H2,1H3,(H,18,20,21). The van der Waals surface area contributed by atoms with Gasteiger partial charge in [0.1, 0.15) is 12.0 Å². The average Bonchev–Trinajstić information content (AvgIpc) is 3.07. The molecular weight excluding hydrogens is 302 g/mol. The van der Waals surface area contributed by atoms with Crippen molar-refractivity contribution >= 4 is 11.8 Å². The van der Waals surface area contributed by atoms with Gasteiger partial charge in [0.05, 0.1) is 12.2 Å². The SMILES string of the molecule is CCC1c2nncn2-c2cnc(NC3CC3)nc2N1C1CCCC1. The van der Waals surface area contributed by atoms with Crippen LogP contribution in [0.25, 0.3) is 5.69 Å². The minimum absolute atomic E-state index is 0.242. The monoisotopic (exact) mass is 325 g/mol. The van der Waals surface area contributed by atoms with Crippen molar-refractivity contribution in [3.63, 3.8) is 0 Å². The van der Waals surface area contributed by atoms with E-state index in [9.17, 15) is 0 Å². The van der Waals surface area contributed by atoms with Gasteiger partial charge in [-0.2, -0.15) is 4.98 Å². The molecular formula is C17H23N7. The van der Waals surface area contributed by atoms with Gasteiger partial charge in [-0.3, -0.25) is 4.57 Å². The van der Waals surface area contributed by atoms with Crippen LogP contribution in [-0.2, 0) is 0 Å². The topological polar surface area (TPSA) is 71.8 Å². The molecule has 2 aliphatic carbocycles. The molecule has 7 nitrogen and oxygen atoms in total. The van der Waals surface area contributed by atoms with Crippen LogP contribution >= 0.6 is 0 Å². The van der Waals surface area contributed by atoms with E-state index in [0.29, 0.717) is 12.1 Å². The molecule has 7 heteroatoms. The van der Waals surface area contributed by atoms with Gasteiger partial charge in [0, 0.05) is 12.1 Å². The largest absolute Gasteiger partial charge is 0.351 e. The Morgan fingerprint density at radius 1 is 1.21 bits per heavy atom. The van der Waals surface area contributed by atoms with Crippen LogP contribution < -0.4 is 10.2 Å². The molecule has 2 fully saturated rings. The second-order valence-electron chi connectivity index (χ2n) is 7.15. The Morgan fingerprint density at radius 3 is 2.79 bits per heavy atom. The van der Waals surface area contributed by atoms with E-state index >= 15 is 0 Å². The number of rotatable bonds is 4. The molecule has 0 aromatic carbocycles. The van der Waals surface area contributed by atoms with Crippen molar-refractivity contribution in [3.05, 3.63) is 18.3 Å². The van der Waals surface area contributed by atoms with Crippen molar-refractivity contribution < 1.29 is 0 Å². The van der Waals surface area contributed by atoms with Gasteiger partial charge in [0.25, 0.3) is 0 Å². The number of hydrogen-bond acceptors (Lipinski definition) is 6. The molecule has 24 heavy (non-hydrogen) atoms. The van der Waals surface area contributed by atoms with Crippen molar-refractivity contribution in [3.8, 4) is 5.69 Å². The Hall–Kier alpha value is -2.18. The second kappa shape index (κ2) is 5.43. The molecule has 3 heterocycles. The van der Waals surface area contributed by atoms with E-state index in [2.05, 4.69) is 36.9 Å². The van der Waals surface area contributed by atoms with Crippen molar-refractivity contribution in [2.75, 3.05) is 10.2 Å². The minimum Gasteiger partial charge on any atom is -0.351 e. The molecule has 2 saturated carbocycles. The van der Waals surface area contributed by atoms with Gasteiger partial charge in [-0.15, -0.1) is 10.2 Å². The molecule has 5 rings (SSSR count). The van der Waals surface area contributed by atoms with Crippen LogP contribution in [0.5, 0.6) is 0 Å². The maximum Gasteiger partial charge on any atom is 0.224 e. The molecule has 3 aliphatic rings. The number of hydrogen-bond donors (Lipinski definition) is 1. The fourth-order valence-corrected chi connectivity index (χ4v) is 4.12. The predicted molar refractivity (Wildman–Crippen MR) is 91.4 cm³/mol. The lowest BCUT2D eigenvalue weighted by Gasteiger charge is -2.40. The third kappa shape index (κ3) is 2.17. The molecule has 126 valence electrons. The van der Waals surface area contributed by atoms with Crippen LogP contribution in [0.4, 0.5) is 11.8 Å². The Morgan fingerprint density at radius 2 is 2.04 bits per heavy atom. The van der Waals surface area contributed by atoms with Crippen LogP contribution in [-0.4, -0.2) is 36.8 Å². The predicted octanol–water partition coefficient (Wildman–Crippen LogP) is 2.85. The maximum absolute atomic E-state index is 4.92. The first-order valence-corrected chi connectivity index (χ1v) is 9.17. The summed E-state index contributed by atoms with van der Waals surface area (Å²) in [5.41, 5.74) is 1.01. The zero-order valence-corrected chi connectivity index (χ0v) is 14.0. The number of nitrogens with one attached hydrogen (secondary N) is 1. The number of aromatic nitrogens is 5. The third-order valence-corrected chi connectivity index (χ3v) is 5.48. The molecule has 0 spiro atoms. The van der Waals surface area contributed by atoms with E-state index in [0.717, 1.165) is 29.7 Å². The normalized spacial score (nSPS) is 23.2. The Bertz CT molecular complexity index is 745. The minimum atomic E-state index is 0.242. The van der Waals surface area contributed by atoms with Gasteiger partial charge >= 0.3 is 0 Å². The highest BCUT2D eigenvalue weighted by Gasteiger charge is 2.38. The summed E-state index contributed by atoms with van der Waals surface area (Å²) in [4.78, 5) is 12.0. The first kappa shape index (κ1) is 14.2. The van der Waals surface area contributed by atoms with Crippen LogP contribution in [0.2, 0.25) is 0 Å². The Balaban J connectivity index is 1.63. The molecule has 1 unspecified atom stereocenters. The lowest BCUT2D eigenvalue weighted by molar-refractivity contribution is 0.469. The molecule has 1 atom stereocenters. The molecule has 2 aromatic rings. The van der Waals surface area contributed by atoms with E-state index < -0.39 is 0 Å². The fourth-order valence-electron chi connectivity index (χ4n) is 4.12. The fraction of sp³-hybridized carbons (Fsp3) is 0.647. The van der Waals surface area contributed by atoms with Crippen molar-refractivity contribution in [1.82, 2.24) is 24.7 Å². The zero-order valence-electron chi connectivity index (χ0n) is 14.0. The molecule has 1 N–H and O–H groups in total. The molecule has 1 aliphatic heterocycles. The summed E-state index contributed by atoms with van der Waals surface area (Å²) in [7, 11) is 0. The average molecular weight is 325 g/mol. The van der Waals surface area contributed by atoms with Gasteiger partial charge in [-0.1, -0.05) is 19.8 Å². The summed E-state index contributed by atoms with van der Waals surface area (Å²) < 4.78 is 2.07. The van der Waals surface area contributed by atoms with E-state index in [-0.39, 0.29) is 6.04 Å². The van der Waals surface area contributed by atoms with Crippen molar-refractivity contribution in [2.45, 2.75) is 70.0 Å². The van der Waals surface area contributed by atoms with E-state index in [1.54, 1.807) is 6.33 Å². The van der Waals surface area contributed by atoms with Gasteiger partial charge in [0.15, 0.2) is 11.6 Å². The smallest absolute Gasteiger partial charge is 0.224 e. The van der Waals surface area contributed by atoms with E-state index in [1.807, 2.05) is 6.20 Å². The van der Waals surface area contributed by atoms with E-state index in [1.165, 1.54) is 38.5 Å². The number of nitrogens with zero attached hydrogens (tertiary/aromatic N) is 6. The van der Waals surface area contributed by atoms with Crippen LogP contribution in [0.1, 0.15) is 63.7 Å². The number of anilines is 2.